The molecule has 1 aromatic rings. The lowest BCUT2D eigenvalue weighted by Gasteiger charge is -2.33. The molecule has 3 N–H and O–H groups in total. The van der Waals surface area contributed by atoms with Crippen molar-refractivity contribution in [2.24, 2.45) is 0 Å². The second-order valence-electron chi connectivity index (χ2n) is 5.78. The van der Waals surface area contributed by atoms with Gasteiger partial charge in [0.2, 0.25) is 15.9 Å². The van der Waals surface area contributed by atoms with Gasteiger partial charge >= 0.3 is 0 Å². The van der Waals surface area contributed by atoms with Crippen molar-refractivity contribution in [1.82, 2.24) is 4.31 Å². The number of hydrogen-bond acceptors (Lipinski definition) is 4. The van der Waals surface area contributed by atoms with Crippen molar-refractivity contribution < 1.29 is 13.2 Å². The fourth-order valence-corrected chi connectivity index (χ4v) is 4.99. The quantitative estimate of drug-likeness (QED) is 0.751. The molecule has 1 fully saturated rings. The molecule has 0 bridgehead atoms. The lowest BCUT2D eigenvalue weighted by atomic mass is 10.0. The molecule has 1 heterocycles. The number of nitrogen functional groups attached to an aromatic ring is 1. The first-order valence-electron chi connectivity index (χ1n) is 7.81. The Bertz CT molecular complexity index is 702. The molecule has 1 atom stereocenters. The Kier molecular flexibility index (Phi) is 6.36. The molecular weight excluding hydrogens is 373 g/mol. The van der Waals surface area contributed by atoms with Gasteiger partial charge in [0, 0.05) is 12.2 Å². The van der Waals surface area contributed by atoms with Crippen LogP contribution < -0.4 is 11.1 Å². The van der Waals surface area contributed by atoms with Gasteiger partial charge in [0.25, 0.3) is 0 Å². The van der Waals surface area contributed by atoms with Crippen LogP contribution in [0.15, 0.2) is 12.1 Å². The molecule has 1 amide bonds. The van der Waals surface area contributed by atoms with E-state index in [2.05, 4.69) is 5.32 Å². The van der Waals surface area contributed by atoms with Gasteiger partial charge in [0.15, 0.2) is 0 Å². The van der Waals surface area contributed by atoms with Crippen LogP contribution in [0.4, 0.5) is 11.4 Å². The SMILES string of the molecule is CCCS(=O)(=O)N1CCCC[C@H]1C(=O)Nc1cc(Cl)c(N)c(Cl)c1. The third-order valence-electron chi connectivity index (χ3n) is 3.92. The molecule has 1 aromatic carbocycles. The van der Waals surface area contributed by atoms with Gasteiger partial charge in [-0.05, 0) is 31.4 Å². The van der Waals surface area contributed by atoms with Crippen molar-refractivity contribution in [3.8, 4) is 0 Å². The maximum Gasteiger partial charge on any atom is 0.242 e. The first kappa shape index (κ1) is 19.3. The number of halogens is 2. The first-order chi connectivity index (χ1) is 11.3. The molecule has 6 nitrogen and oxygen atoms in total. The van der Waals surface area contributed by atoms with Crippen LogP contribution in [0.3, 0.4) is 0 Å². The van der Waals surface area contributed by atoms with Crippen LogP contribution in [-0.4, -0.2) is 37.0 Å². The van der Waals surface area contributed by atoms with E-state index in [0.29, 0.717) is 25.1 Å². The summed E-state index contributed by atoms with van der Waals surface area (Å²) in [5, 5.41) is 3.16. The lowest BCUT2D eigenvalue weighted by Crippen LogP contribution is -2.50. The van der Waals surface area contributed by atoms with Crippen molar-refractivity contribution >= 4 is 50.5 Å². The first-order valence-corrected chi connectivity index (χ1v) is 10.2. The van der Waals surface area contributed by atoms with E-state index in [-0.39, 0.29) is 27.4 Å². The number of benzene rings is 1. The zero-order valence-corrected chi connectivity index (χ0v) is 15.7. The van der Waals surface area contributed by atoms with Gasteiger partial charge < -0.3 is 11.1 Å². The molecule has 0 spiro atoms. The number of piperidine rings is 1. The van der Waals surface area contributed by atoms with Gasteiger partial charge in [-0.1, -0.05) is 36.5 Å². The summed E-state index contributed by atoms with van der Waals surface area (Å²) in [7, 11) is -3.44. The summed E-state index contributed by atoms with van der Waals surface area (Å²) in [6, 6.07) is 2.27. The van der Waals surface area contributed by atoms with Gasteiger partial charge in [-0.25, -0.2) is 8.42 Å². The van der Waals surface area contributed by atoms with E-state index in [9.17, 15) is 13.2 Å². The Morgan fingerprint density at radius 1 is 1.33 bits per heavy atom. The second-order valence-corrected chi connectivity index (χ2v) is 8.64. The van der Waals surface area contributed by atoms with Gasteiger partial charge in [-0.15, -0.1) is 0 Å². The average Bonchev–Trinajstić information content (AvgIpc) is 2.52. The number of nitrogens with zero attached hydrogens (tertiary/aromatic N) is 1. The Balaban J connectivity index is 2.20. The fourth-order valence-electron chi connectivity index (χ4n) is 2.76. The molecule has 0 saturated carbocycles. The zero-order chi connectivity index (χ0) is 17.9. The van der Waals surface area contributed by atoms with Crippen molar-refractivity contribution in [3.63, 3.8) is 0 Å². The van der Waals surface area contributed by atoms with Crippen LogP contribution in [0.5, 0.6) is 0 Å². The molecule has 2 rings (SSSR count). The van der Waals surface area contributed by atoms with Crippen molar-refractivity contribution in [3.05, 3.63) is 22.2 Å². The molecule has 24 heavy (non-hydrogen) atoms. The minimum Gasteiger partial charge on any atom is -0.396 e. The molecule has 9 heteroatoms. The monoisotopic (exact) mass is 393 g/mol. The second kappa shape index (κ2) is 7.91. The van der Waals surface area contributed by atoms with E-state index in [1.807, 2.05) is 0 Å². The number of anilines is 2. The van der Waals surface area contributed by atoms with Gasteiger partial charge in [0.1, 0.15) is 6.04 Å². The van der Waals surface area contributed by atoms with Crippen molar-refractivity contribution in [2.45, 2.75) is 38.6 Å². The average molecular weight is 394 g/mol. The Labute approximate surface area is 152 Å². The van der Waals surface area contributed by atoms with E-state index < -0.39 is 16.1 Å². The number of sulfonamides is 1. The number of nitrogens with one attached hydrogen (secondary N) is 1. The highest BCUT2D eigenvalue weighted by molar-refractivity contribution is 7.89. The van der Waals surface area contributed by atoms with Crippen molar-refractivity contribution in [2.75, 3.05) is 23.3 Å². The van der Waals surface area contributed by atoms with Gasteiger partial charge in [0.05, 0.1) is 21.5 Å². The van der Waals surface area contributed by atoms with Crippen LogP contribution in [0.2, 0.25) is 10.0 Å². The maximum absolute atomic E-state index is 12.6. The molecule has 0 unspecified atom stereocenters. The van der Waals surface area contributed by atoms with E-state index >= 15 is 0 Å². The van der Waals surface area contributed by atoms with Crippen LogP contribution in [0.25, 0.3) is 0 Å². The smallest absolute Gasteiger partial charge is 0.242 e. The topological polar surface area (TPSA) is 92.5 Å². The summed E-state index contributed by atoms with van der Waals surface area (Å²) in [6.07, 6.45) is 2.56. The number of carbonyl (C=O) groups excluding carboxylic acids is 1. The van der Waals surface area contributed by atoms with E-state index in [0.717, 1.165) is 12.8 Å². The van der Waals surface area contributed by atoms with Gasteiger partial charge in [-0.3, -0.25) is 4.79 Å². The van der Waals surface area contributed by atoms with Crippen LogP contribution in [0.1, 0.15) is 32.6 Å². The van der Waals surface area contributed by atoms with Crippen LogP contribution >= 0.6 is 23.2 Å². The van der Waals surface area contributed by atoms with Crippen LogP contribution in [0, 0.1) is 0 Å². The summed E-state index contributed by atoms with van der Waals surface area (Å²) < 4.78 is 26.1. The molecular formula is C15H21Cl2N3O3S. The number of nitrogens with two attached hydrogens (primary N) is 1. The fraction of sp³-hybridized carbons (Fsp3) is 0.533. The third-order valence-corrected chi connectivity index (χ3v) is 6.62. The minimum atomic E-state index is -3.44. The standard InChI is InChI=1S/C15H21Cl2N3O3S/c1-2-7-24(22,23)20-6-4-3-5-13(20)15(21)19-10-8-11(16)14(18)12(17)9-10/h8-9,13H,2-7,18H2,1H3,(H,19,21)/t13-/m0/s1. The molecule has 0 aromatic heterocycles. The summed E-state index contributed by atoms with van der Waals surface area (Å²) in [5.74, 6) is -0.345. The normalized spacial score (nSPS) is 19.2. The van der Waals surface area contributed by atoms with E-state index in [4.69, 9.17) is 28.9 Å². The number of amides is 1. The summed E-state index contributed by atoms with van der Waals surface area (Å²) in [4.78, 5) is 12.6. The maximum atomic E-state index is 12.6. The Hall–Kier alpha value is -1.02. The zero-order valence-electron chi connectivity index (χ0n) is 13.4. The Morgan fingerprint density at radius 3 is 2.54 bits per heavy atom. The molecule has 1 saturated heterocycles. The number of carbonyl (C=O) groups is 1. The van der Waals surface area contributed by atoms with E-state index in [1.165, 1.54) is 16.4 Å². The third kappa shape index (κ3) is 4.33. The molecule has 0 radical (unpaired) electrons. The van der Waals surface area contributed by atoms with Crippen LogP contribution in [-0.2, 0) is 14.8 Å². The minimum absolute atomic E-state index is 0.0380. The lowest BCUT2D eigenvalue weighted by molar-refractivity contribution is -0.120. The summed E-state index contributed by atoms with van der Waals surface area (Å²) in [5.41, 5.74) is 6.30. The van der Waals surface area contributed by atoms with Crippen molar-refractivity contribution in [1.29, 1.82) is 0 Å². The molecule has 1 aliphatic heterocycles. The summed E-state index contributed by atoms with van der Waals surface area (Å²) in [6.45, 7) is 2.17. The number of rotatable bonds is 5. The van der Waals surface area contributed by atoms with Gasteiger partial charge in [-0.2, -0.15) is 4.31 Å². The largest absolute Gasteiger partial charge is 0.396 e. The highest BCUT2D eigenvalue weighted by atomic mass is 35.5. The number of hydrogen-bond donors (Lipinski definition) is 2. The highest BCUT2D eigenvalue weighted by Gasteiger charge is 2.36. The predicted molar refractivity (Wildman–Crippen MR) is 97.9 cm³/mol. The summed E-state index contributed by atoms with van der Waals surface area (Å²) >= 11 is 11.9. The predicted octanol–water partition coefficient (Wildman–Crippen LogP) is 3.11. The highest BCUT2D eigenvalue weighted by Crippen LogP contribution is 2.31. The molecule has 1 aliphatic rings. The molecule has 134 valence electrons. The molecule has 0 aliphatic carbocycles. The Morgan fingerprint density at radius 2 is 1.96 bits per heavy atom. The van der Waals surface area contributed by atoms with E-state index in [1.54, 1.807) is 6.92 Å².